The first-order valence-electron chi connectivity index (χ1n) is 14.1. The van der Waals surface area contributed by atoms with Crippen LogP contribution in [0.25, 0.3) is 0 Å². The maximum Gasteiger partial charge on any atom is 0.243 e. The predicted octanol–water partition coefficient (Wildman–Crippen LogP) is 4.86. The summed E-state index contributed by atoms with van der Waals surface area (Å²) < 4.78 is 27.0. The molecule has 0 fully saturated rings. The highest BCUT2D eigenvalue weighted by Gasteiger charge is 2.30. The molecule has 2 N–H and O–H groups in total. The van der Waals surface area contributed by atoms with Gasteiger partial charge in [0.25, 0.3) is 0 Å². The Hall–Kier alpha value is -3.49. The number of unbranched alkanes of at least 4 members (excludes halogenated alkanes) is 2. The molecule has 1 atom stereocenters. The molecule has 8 heteroatoms. The van der Waals surface area contributed by atoms with Crippen LogP contribution in [0.15, 0.2) is 89.8 Å². The highest BCUT2D eigenvalue weighted by atomic mass is 32.2. The zero-order valence-electron chi connectivity index (χ0n) is 23.5. The van der Waals surface area contributed by atoms with Crippen LogP contribution in [0.1, 0.15) is 56.2 Å². The Morgan fingerprint density at radius 3 is 2.02 bits per heavy atom. The highest BCUT2D eigenvalue weighted by Crippen LogP contribution is 2.18. The predicted molar refractivity (Wildman–Crippen MR) is 159 cm³/mol. The molecule has 40 heavy (non-hydrogen) atoms. The molecule has 0 heterocycles. The lowest BCUT2D eigenvalue weighted by atomic mass is 10.0. The third-order valence-corrected chi connectivity index (χ3v) is 8.30. The van der Waals surface area contributed by atoms with Crippen molar-refractivity contribution in [3.05, 3.63) is 102 Å². The number of hydrogen-bond donors (Lipinski definition) is 2. The molecule has 0 saturated carbocycles. The van der Waals surface area contributed by atoms with Crippen LogP contribution in [0, 0.1) is 0 Å². The third-order valence-electron chi connectivity index (χ3n) is 6.74. The molecule has 0 aliphatic heterocycles. The molecule has 3 aromatic carbocycles. The molecule has 7 nitrogen and oxygen atoms in total. The summed E-state index contributed by atoms with van der Waals surface area (Å²) >= 11 is 0. The van der Waals surface area contributed by atoms with Gasteiger partial charge >= 0.3 is 0 Å². The summed E-state index contributed by atoms with van der Waals surface area (Å²) in [5.74, 6) is -0.278. The van der Waals surface area contributed by atoms with E-state index >= 15 is 0 Å². The number of carbonyl (C=O) groups is 2. The van der Waals surface area contributed by atoms with Gasteiger partial charge in [-0.25, -0.2) is 13.1 Å². The third kappa shape index (κ3) is 9.61. The monoisotopic (exact) mass is 563 g/mol. The number of benzene rings is 3. The SMILES string of the molecule is CCCCCNC(=O)C(Cc1ccccc1)N(Cc1ccccc1)C(=O)CCc1ccc(S(=O)(=O)NCC)cc1. The van der Waals surface area contributed by atoms with E-state index in [1.165, 1.54) is 0 Å². The highest BCUT2D eigenvalue weighted by molar-refractivity contribution is 7.89. The summed E-state index contributed by atoms with van der Waals surface area (Å²) in [6, 6.07) is 25.4. The van der Waals surface area contributed by atoms with Crippen molar-refractivity contribution < 1.29 is 18.0 Å². The van der Waals surface area contributed by atoms with E-state index in [0.29, 0.717) is 32.5 Å². The van der Waals surface area contributed by atoms with Crippen LogP contribution >= 0.6 is 0 Å². The van der Waals surface area contributed by atoms with E-state index in [9.17, 15) is 18.0 Å². The molecule has 3 aromatic rings. The molecule has 214 valence electrons. The van der Waals surface area contributed by atoms with Crippen LogP contribution in [-0.4, -0.2) is 44.3 Å². The van der Waals surface area contributed by atoms with Crippen molar-refractivity contribution >= 4 is 21.8 Å². The lowest BCUT2D eigenvalue weighted by molar-refractivity contribution is -0.141. The normalized spacial score (nSPS) is 12.1. The molecule has 2 amide bonds. The Kier molecular flexibility index (Phi) is 12.4. The smallest absolute Gasteiger partial charge is 0.243 e. The zero-order valence-corrected chi connectivity index (χ0v) is 24.3. The average Bonchev–Trinajstić information content (AvgIpc) is 2.97. The number of nitrogens with zero attached hydrogens (tertiary/aromatic N) is 1. The molecular formula is C32H41N3O4S. The molecule has 0 radical (unpaired) electrons. The van der Waals surface area contributed by atoms with Gasteiger partial charge in [-0.15, -0.1) is 0 Å². The van der Waals surface area contributed by atoms with Gasteiger partial charge < -0.3 is 10.2 Å². The minimum absolute atomic E-state index is 0.127. The van der Waals surface area contributed by atoms with E-state index in [2.05, 4.69) is 17.0 Å². The maximum atomic E-state index is 13.8. The summed E-state index contributed by atoms with van der Waals surface area (Å²) in [4.78, 5) is 29.2. The molecular weight excluding hydrogens is 522 g/mol. The summed E-state index contributed by atoms with van der Waals surface area (Å²) in [6.45, 7) is 5.06. The number of carbonyl (C=O) groups excluding carboxylic acids is 2. The molecule has 3 rings (SSSR count). The van der Waals surface area contributed by atoms with Crippen molar-refractivity contribution in [3.8, 4) is 0 Å². The van der Waals surface area contributed by atoms with Crippen molar-refractivity contribution in [2.45, 2.75) is 69.9 Å². The van der Waals surface area contributed by atoms with Gasteiger partial charge in [-0.1, -0.05) is 99.5 Å². The quantitative estimate of drug-likeness (QED) is 0.243. The van der Waals surface area contributed by atoms with E-state index in [0.717, 1.165) is 36.0 Å². The van der Waals surface area contributed by atoms with Crippen LogP contribution < -0.4 is 10.0 Å². The van der Waals surface area contributed by atoms with Gasteiger partial charge in [0.15, 0.2) is 0 Å². The van der Waals surface area contributed by atoms with Crippen LogP contribution in [0.5, 0.6) is 0 Å². The van der Waals surface area contributed by atoms with Crippen molar-refractivity contribution in [3.63, 3.8) is 0 Å². The van der Waals surface area contributed by atoms with E-state index in [1.54, 1.807) is 36.1 Å². The van der Waals surface area contributed by atoms with E-state index in [1.807, 2.05) is 60.7 Å². The second-order valence-corrected chi connectivity index (χ2v) is 11.6. The maximum absolute atomic E-state index is 13.8. The second-order valence-electron chi connectivity index (χ2n) is 9.86. The topological polar surface area (TPSA) is 95.6 Å². The van der Waals surface area contributed by atoms with Crippen molar-refractivity contribution in [2.24, 2.45) is 0 Å². The van der Waals surface area contributed by atoms with Gasteiger partial charge in [-0.05, 0) is 41.7 Å². The number of rotatable bonds is 16. The fraction of sp³-hybridized carbons (Fsp3) is 0.375. The largest absolute Gasteiger partial charge is 0.354 e. The number of hydrogen-bond acceptors (Lipinski definition) is 4. The fourth-order valence-corrected chi connectivity index (χ4v) is 5.58. The molecule has 0 aromatic heterocycles. The molecule has 0 spiro atoms. The van der Waals surface area contributed by atoms with Crippen LogP contribution in [0.2, 0.25) is 0 Å². The minimum atomic E-state index is -3.54. The van der Waals surface area contributed by atoms with Gasteiger partial charge in [0.2, 0.25) is 21.8 Å². The summed E-state index contributed by atoms with van der Waals surface area (Å²) in [5, 5.41) is 3.07. The van der Waals surface area contributed by atoms with Crippen molar-refractivity contribution in [1.82, 2.24) is 14.9 Å². The number of aryl methyl sites for hydroxylation is 1. The van der Waals surface area contributed by atoms with Crippen molar-refractivity contribution in [2.75, 3.05) is 13.1 Å². The van der Waals surface area contributed by atoms with Crippen LogP contribution in [0.4, 0.5) is 0 Å². The molecule has 0 aliphatic rings. The zero-order chi connectivity index (χ0) is 28.8. The minimum Gasteiger partial charge on any atom is -0.354 e. The molecule has 0 aliphatic carbocycles. The second kappa shape index (κ2) is 15.9. The summed E-state index contributed by atoms with van der Waals surface area (Å²) in [6.07, 6.45) is 4.03. The Bertz CT molecular complexity index is 1300. The molecule has 0 bridgehead atoms. The number of nitrogens with one attached hydrogen (secondary N) is 2. The van der Waals surface area contributed by atoms with Gasteiger partial charge in [0.1, 0.15) is 6.04 Å². The van der Waals surface area contributed by atoms with Gasteiger partial charge in [-0.3, -0.25) is 9.59 Å². The molecule has 0 saturated heterocycles. The van der Waals surface area contributed by atoms with E-state index in [4.69, 9.17) is 0 Å². The Morgan fingerprint density at radius 1 is 0.800 bits per heavy atom. The first-order chi connectivity index (χ1) is 19.3. The van der Waals surface area contributed by atoms with Crippen LogP contribution in [0.3, 0.4) is 0 Å². The lowest BCUT2D eigenvalue weighted by Gasteiger charge is -2.31. The van der Waals surface area contributed by atoms with E-state index < -0.39 is 16.1 Å². The molecule has 1 unspecified atom stereocenters. The van der Waals surface area contributed by atoms with Gasteiger partial charge in [0.05, 0.1) is 4.90 Å². The first-order valence-corrected chi connectivity index (χ1v) is 15.6. The van der Waals surface area contributed by atoms with Crippen molar-refractivity contribution in [1.29, 1.82) is 0 Å². The number of sulfonamides is 1. The van der Waals surface area contributed by atoms with Crippen LogP contribution in [-0.2, 0) is 39.0 Å². The van der Waals surface area contributed by atoms with Gasteiger partial charge in [-0.2, -0.15) is 0 Å². The van der Waals surface area contributed by atoms with E-state index in [-0.39, 0.29) is 23.1 Å². The Morgan fingerprint density at radius 2 is 1.43 bits per heavy atom. The first kappa shape index (κ1) is 31.0. The number of amides is 2. The Balaban J connectivity index is 1.82. The average molecular weight is 564 g/mol. The van der Waals surface area contributed by atoms with Gasteiger partial charge in [0, 0.05) is 32.5 Å². The lowest BCUT2D eigenvalue weighted by Crippen LogP contribution is -2.50. The summed E-state index contributed by atoms with van der Waals surface area (Å²) in [5.41, 5.74) is 2.79. The summed E-state index contributed by atoms with van der Waals surface area (Å²) in [7, 11) is -3.54. The fourth-order valence-electron chi connectivity index (χ4n) is 4.54. The standard InChI is InChI=1S/C32H41N3O4S/c1-3-5-12-23-33-32(37)30(24-27-13-8-6-9-14-27)35(25-28-15-10-7-11-16-28)31(36)22-19-26-17-20-29(21-18-26)40(38,39)34-4-2/h6-11,13-18,20-21,30,34H,3-5,12,19,22-25H2,1-2H3,(H,33,37). The Labute approximate surface area is 239 Å².